The van der Waals surface area contributed by atoms with Crippen LogP contribution in [0.2, 0.25) is 0 Å². The summed E-state index contributed by atoms with van der Waals surface area (Å²) < 4.78 is 0. The van der Waals surface area contributed by atoms with Crippen LogP contribution in [-0.2, 0) is 6.54 Å². The molecule has 4 heteroatoms. The number of aliphatic hydroxyl groups excluding tert-OH is 1. The fraction of sp³-hybridized carbons (Fsp3) is 0.545. The largest absolute Gasteiger partial charge is 0.395 e. The number of anilines is 1. The Kier molecular flexibility index (Phi) is 3.18. The van der Waals surface area contributed by atoms with Crippen LogP contribution in [0.5, 0.6) is 0 Å². The van der Waals surface area contributed by atoms with Gasteiger partial charge in [-0.3, -0.25) is 4.98 Å². The molecule has 1 aromatic heterocycles. The van der Waals surface area contributed by atoms with Gasteiger partial charge in [-0.2, -0.15) is 0 Å². The normalized spacial score (nSPS) is 15.3. The average molecular weight is 207 g/mol. The first-order chi connectivity index (χ1) is 7.36. The van der Waals surface area contributed by atoms with Gasteiger partial charge < -0.3 is 15.7 Å². The molecule has 4 nitrogen and oxygen atoms in total. The summed E-state index contributed by atoms with van der Waals surface area (Å²) in [5.41, 5.74) is 7.65. The number of aliphatic hydroxyl groups is 1. The van der Waals surface area contributed by atoms with E-state index in [1.165, 1.54) is 12.8 Å². The molecule has 0 radical (unpaired) electrons. The van der Waals surface area contributed by atoms with Crippen molar-refractivity contribution in [2.24, 2.45) is 5.73 Å². The van der Waals surface area contributed by atoms with Crippen LogP contribution in [0.25, 0.3) is 0 Å². The first kappa shape index (κ1) is 10.4. The van der Waals surface area contributed by atoms with Gasteiger partial charge in [-0.15, -0.1) is 0 Å². The smallest absolute Gasteiger partial charge is 0.0772 e. The van der Waals surface area contributed by atoms with Crippen LogP contribution in [0.15, 0.2) is 18.3 Å². The molecule has 1 fully saturated rings. The van der Waals surface area contributed by atoms with E-state index in [0.29, 0.717) is 19.1 Å². The average Bonchev–Trinajstić information content (AvgIpc) is 3.10. The summed E-state index contributed by atoms with van der Waals surface area (Å²) in [4.78, 5) is 6.48. The number of rotatable bonds is 5. The zero-order valence-corrected chi connectivity index (χ0v) is 8.76. The molecular formula is C11H17N3O. The van der Waals surface area contributed by atoms with E-state index < -0.39 is 0 Å². The van der Waals surface area contributed by atoms with Crippen LogP contribution < -0.4 is 10.6 Å². The summed E-state index contributed by atoms with van der Waals surface area (Å²) in [7, 11) is 0. The molecule has 0 atom stereocenters. The van der Waals surface area contributed by atoms with Crippen LogP contribution in [0, 0.1) is 0 Å². The van der Waals surface area contributed by atoms with E-state index >= 15 is 0 Å². The van der Waals surface area contributed by atoms with Crippen molar-refractivity contribution in [2.75, 3.05) is 18.1 Å². The molecule has 1 heterocycles. The van der Waals surface area contributed by atoms with E-state index in [1.807, 2.05) is 12.1 Å². The number of hydrogen-bond acceptors (Lipinski definition) is 4. The van der Waals surface area contributed by atoms with E-state index in [9.17, 15) is 0 Å². The molecule has 0 saturated heterocycles. The van der Waals surface area contributed by atoms with Crippen molar-refractivity contribution in [2.45, 2.75) is 25.4 Å². The van der Waals surface area contributed by atoms with Crippen molar-refractivity contribution in [3.05, 3.63) is 24.0 Å². The predicted octanol–water partition coefficient (Wildman–Crippen LogP) is 0.501. The van der Waals surface area contributed by atoms with Gasteiger partial charge in [-0.1, -0.05) is 0 Å². The highest BCUT2D eigenvalue weighted by atomic mass is 16.3. The topological polar surface area (TPSA) is 62.4 Å². The lowest BCUT2D eigenvalue weighted by molar-refractivity contribution is 0.301. The SMILES string of the molecule is NCc1ncccc1N(CCO)C1CC1. The third-order valence-electron chi connectivity index (χ3n) is 2.70. The number of aromatic nitrogens is 1. The molecule has 1 aromatic rings. The molecule has 15 heavy (non-hydrogen) atoms. The van der Waals surface area contributed by atoms with Crippen molar-refractivity contribution in [1.82, 2.24) is 4.98 Å². The Balaban J connectivity index is 2.23. The zero-order valence-electron chi connectivity index (χ0n) is 8.76. The van der Waals surface area contributed by atoms with Crippen LogP contribution in [0.1, 0.15) is 18.5 Å². The highest BCUT2D eigenvalue weighted by Crippen LogP contribution is 2.32. The predicted molar refractivity (Wildman–Crippen MR) is 59.6 cm³/mol. The minimum absolute atomic E-state index is 0.176. The second kappa shape index (κ2) is 4.59. The molecule has 3 N–H and O–H groups in total. The van der Waals surface area contributed by atoms with Crippen molar-refractivity contribution in [3.8, 4) is 0 Å². The van der Waals surface area contributed by atoms with E-state index in [4.69, 9.17) is 10.8 Å². The maximum absolute atomic E-state index is 9.04. The molecule has 82 valence electrons. The highest BCUT2D eigenvalue weighted by Gasteiger charge is 2.29. The van der Waals surface area contributed by atoms with E-state index in [2.05, 4.69) is 9.88 Å². The molecule has 0 aromatic carbocycles. The number of hydrogen-bond donors (Lipinski definition) is 2. The Morgan fingerprint density at radius 1 is 1.53 bits per heavy atom. The minimum Gasteiger partial charge on any atom is -0.395 e. The summed E-state index contributed by atoms with van der Waals surface area (Å²) in [5.74, 6) is 0. The fourth-order valence-corrected chi connectivity index (χ4v) is 1.84. The lowest BCUT2D eigenvalue weighted by atomic mass is 10.2. The molecule has 0 aliphatic heterocycles. The molecule has 0 spiro atoms. The summed E-state index contributed by atoms with van der Waals surface area (Å²) in [5, 5.41) is 9.04. The van der Waals surface area contributed by atoms with Gasteiger partial charge in [0.15, 0.2) is 0 Å². The molecular weight excluding hydrogens is 190 g/mol. The third-order valence-corrected chi connectivity index (χ3v) is 2.70. The van der Waals surface area contributed by atoms with Gasteiger partial charge in [0.1, 0.15) is 0 Å². The lowest BCUT2D eigenvalue weighted by Crippen LogP contribution is -2.30. The molecule has 1 aliphatic rings. The number of pyridine rings is 1. The van der Waals surface area contributed by atoms with Crippen LogP contribution >= 0.6 is 0 Å². The zero-order chi connectivity index (χ0) is 10.7. The Labute approximate surface area is 89.7 Å². The van der Waals surface area contributed by atoms with Gasteiger partial charge in [0, 0.05) is 25.3 Å². The van der Waals surface area contributed by atoms with Crippen LogP contribution in [0.4, 0.5) is 5.69 Å². The molecule has 0 bridgehead atoms. The van der Waals surface area contributed by atoms with E-state index in [-0.39, 0.29) is 6.61 Å². The second-order valence-electron chi connectivity index (χ2n) is 3.82. The summed E-state index contributed by atoms with van der Waals surface area (Å²) in [6, 6.07) is 4.52. The molecule has 0 unspecified atom stereocenters. The van der Waals surface area contributed by atoms with Crippen LogP contribution in [0.3, 0.4) is 0 Å². The maximum Gasteiger partial charge on any atom is 0.0772 e. The number of nitrogens with two attached hydrogens (primary N) is 1. The molecule has 2 rings (SSSR count). The fourth-order valence-electron chi connectivity index (χ4n) is 1.84. The quantitative estimate of drug-likeness (QED) is 0.738. The van der Waals surface area contributed by atoms with Gasteiger partial charge >= 0.3 is 0 Å². The van der Waals surface area contributed by atoms with Crippen LogP contribution in [-0.4, -0.2) is 29.3 Å². The van der Waals surface area contributed by atoms with Crippen molar-refractivity contribution >= 4 is 5.69 Å². The Hall–Kier alpha value is -1.13. The Bertz CT molecular complexity index is 325. The summed E-state index contributed by atoms with van der Waals surface area (Å²) in [6.07, 6.45) is 4.17. The monoisotopic (exact) mass is 207 g/mol. The van der Waals surface area contributed by atoms with Crippen molar-refractivity contribution < 1.29 is 5.11 Å². The van der Waals surface area contributed by atoms with Gasteiger partial charge in [-0.05, 0) is 25.0 Å². The standard InChI is InChI=1S/C11H17N3O/c12-8-10-11(2-1-5-13-10)14(6-7-15)9-3-4-9/h1-2,5,9,15H,3-4,6-8,12H2. The number of nitrogens with zero attached hydrogens (tertiary/aromatic N) is 2. The van der Waals surface area contributed by atoms with Gasteiger partial charge in [0.05, 0.1) is 18.0 Å². The Morgan fingerprint density at radius 2 is 2.33 bits per heavy atom. The van der Waals surface area contributed by atoms with Crippen molar-refractivity contribution in [1.29, 1.82) is 0 Å². The molecule has 1 saturated carbocycles. The molecule has 1 aliphatic carbocycles. The van der Waals surface area contributed by atoms with E-state index in [0.717, 1.165) is 11.4 Å². The summed E-state index contributed by atoms with van der Waals surface area (Å²) in [6.45, 7) is 1.30. The van der Waals surface area contributed by atoms with Gasteiger partial charge in [-0.25, -0.2) is 0 Å². The molecule has 0 amide bonds. The lowest BCUT2D eigenvalue weighted by Gasteiger charge is -2.25. The van der Waals surface area contributed by atoms with Gasteiger partial charge in [0.25, 0.3) is 0 Å². The first-order valence-corrected chi connectivity index (χ1v) is 5.38. The highest BCUT2D eigenvalue weighted by molar-refractivity contribution is 5.52. The van der Waals surface area contributed by atoms with E-state index in [1.54, 1.807) is 6.20 Å². The Morgan fingerprint density at radius 3 is 2.93 bits per heavy atom. The second-order valence-corrected chi connectivity index (χ2v) is 3.82. The third kappa shape index (κ3) is 2.27. The van der Waals surface area contributed by atoms with Crippen molar-refractivity contribution in [3.63, 3.8) is 0 Å². The summed E-state index contributed by atoms with van der Waals surface area (Å²) >= 11 is 0. The first-order valence-electron chi connectivity index (χ1n) is 5.38. The van der Waals surface area contributed by atoms with Gasteiger partial charge in [0.2, 0.25) is 0 Å². The maximum atomic E-state index is 9.04. The minimum atomic E-state index is 0.176.